The normalized spacial score (nSPS) is 13.2. The second-order valence-electron chi connectivity index (χ2n) is 7.20. The third kappa shape index (κ3) is 8.34. The van der Waals surface area contributed by atoms with Crippen LogP contribution in [0.5, 0.6) is 0 Å². The quantitative estimate of drug-likeness (QED) is 0.512. The number of nitrogens with one attached hydrogen (secondary N) is 3. The minimum absolute atomic E-state index is 0.101. The number of carbonyl (C=O) groups is 3. The SMILES string of the molecule is C=C[C@H](Cc1ccccc1)NC(=O)[C@H](C)NC(=O)[C@H](C)NC(=O)OCc1ccccc1. The van der Waals surface area contributed by atoms with Crippen molar-refractivity contribution >= 4 is 17.9 Å². The zero-order valence-electron chi connectivity index (χ0n) is 17.8. The molecule has 3 N–H and O–H groups in total. The second-order valence-corrected chi connectivity index (χ2v) is 7.20. The van der Waals surface area contributed by atoms with Crippen LogP contribution in [0.1, 0.15) is 25.0 Å². The predicted octanol–water partition coefficient (Wildman–Crippen LogP) is 2.72. The summed E-state index contributed by atoms with van der Waals surface area (Å²) in [7, 11) is 0. The van der Waals surface area contributed by atoms with E-state index in [0.717, 1.165) is 11.1 Å². The molecule has 0 saturated carbocycles. The van der Waals surface area contributed by atoms with Crippen LogP contribution in [0.25, 0.3) is 0 Å². The van der Waals surface area contributed by atoms with Crippen LogP contribution < -0.4 is 16.0 Å². The van der Waals surface area contributed by atoms with Crippen molar-refractivity contribution < 1.29 is 19.1 Å². The van der Waals surface area contributed by atoms with E-state index in [4.69, 9.17) is 4.74 Å². The molecule has 0 bridgehead atoms. The number of ether oxygens (including phenoxy) is 1. The Labute approximate surface area is 182 Å². The van der Waals surface area contributed by atoms with Gasteiger partial charge in [-0.05, 0) is 31.4 Å². The number of alkyl carbamates (subject to hydrolysis) is 1. The Morgan fingerprint density at radius 2 is 1.35 bits per heavy atom. The van der Waals surface area contributed by atoms with Gasteiger partial charge in [-0.3, -0.25) is 9.59 Å². The summed E-state index contributed by atoms with van der Waals surface area (Å²) >= 11 is 0. The molecule has 0 aliphatic heterocycles. The molecule has 7 nitrogen and oxygen atoms in total. The molecule has 7 heteroatoms. The molecule has 0 radical (unpaired) electrons. The second kappa shape index (κ2) is 12.2. The van der Waals surface area contributed by atoms with Gasteiger partial charge < -0.3 is 20.7 Å². The number of rotatable bonds is 10. The van der Waals surface area contributed by atoms with Crippen LogP contribution in [-0.2, 0) is 27.4 Å². The highest BCUT2D eigenvalue weighted by Gasteiger charge is 2.22. The lowest BCUT2D eigenvalue weighted by molar-refractivity contribution is -0.129. The van der Waals surface area contributed by atoms with Crippen LogP contribution in [0.15, 0.2) is 73.3 Å². The van der Waals surface area contributed by atoms with E-state index in [0.29, 0.717) is 6.42 Å². The first kappa shape index (κ1) is 23.7. The summed E-state index contributed by atoms with van der Waals surface area (Å²) in [6, 6.07) is 17.0. The van der Waals surface area contributed by atoms with Crippen LogP contribution in [0.4, 0.5) is 4.79 Å². The van der Waals surface area contributed by atoms with Crippen LogP contribution in [0.2, 0.25) is 0 Å². The van der Waals surface area contributed by atoms with E-state index in [1.807, 2.05) is 60.7 Å². The van der Waals surface area contributed by atoms with Crippen LogP contribution in [-0.4, -0.2) is 36.0 Å². The molecule has 0 aliphatic carbocycles. The van der Waals surface area contributed by atoms with Gasteiger partial charge in [-0.2, -0.15) is 0 Å². The van der Waals surface area contributed by atoms with Crippen LogP contribution in [0, 0.1) is 0 Å². The summed E-state index contributed by atoms with van der Waals surface area (Å²) in [4.78, 5) is 36.7. The third-order valence-corrected chi connectivity index (χ3v) is 4.60. The zero-order valence-corrected chi connectivity index (χ0v) is 17.8. The number of benzene rings is 2. The number of amides is 3. The summed E-state index contributed by atoms with van der Waals surface area (Å²) < 4.78 is 5.10. The summed E-state index contributed by atoms with van der Waals surface area (Å²) in [6.45, 7) is 6.97. The average Bonchev–Trinajstić information content (AvgIpc) is 2.78. The van der Waals surface area contributed by atoms with Crippen molar-refractivity contribution in [2.24, 2.45) is 0 Å². The van der Waals surface area contributed by atoms with Gasteiger partial charge in [-0.15, -0.1) is 6.58 Å². The lowest BCUT2D eigenvalue weighted by atomic mass is 10.1. The molecule has 2 aromatic carbocycles. The summed E-state index contributed by atoms with van der Waals surface area (Å²) in [5, 5.41) is 7.91. The Morgan fingerprint density at radius 1 is 0.839 bits per heavy atom. The molecular formula is C24H29N3O4. The standard InChI is InChI=1S/C24H29N3O4/c1-4-21(15-19-11-7-5-8-12-19)27-23(29)17(2)25-22(28)18(3)26-24(30)31-16-20-13-9-6-10-14-20/h4-14,17-18,21H,1,15-16H2,2-3H3,(H,25,28)(H,26,30)(H,27,29)/t17-,18-,21+/m0/s1. The highest BCUT2D eigenvalue weighted by molar-refractivity contribution is 5.91. The summed E-state index contributed by atoms with van der Waals surface area (Å²) in [5.41, 5.74) is 1.91. The van der Waals surface area contributed by atoms with E-state index in [-0.39, 0.29) is 18.6 Å². The molecule has 0 spiro atoms. The molecular weight excluding hydrogens is 394 g/mol. The lowest BCUT2D eigenvalue weighted by Crippen LogP contribution is -2.53. The Hall–Kier alpha value is -3.61. The van der Waals surface area contributed by atoms with Crippen molar-refractivity contribution in [3.63, 3.8) is 0 Å². The van der Waals surface area contributed by atoms with Crippen molar-refractivity contribution in [3.05, 3.63) is 84.4 Å². The molecule has 164 valence electrons. The zero-order chi connectivity index (χ0) is 22.6. The average molecular weight is 424 g/mol. The highest BCUT2D eigenvalue weighted by Crippen LogP contribution is 2.04. The maximum absolute atomic E-state index is 12.5. The van der Waals surface area contributed by atoms with Crippen LogP contribution in [0.3, 0.4) is 0 Å². The molecule has 0 unspecified atom stereocenters. The highest BCUT2D eigenvalue weighted by atomic mass is 16.5. The largest absolute Gasteiger partial charge is 0.445 e. The van der Waals surface area contributed by atoms with E-state index < -0.39 is 24.1 Å². The summed E-state index contributed by atoms with van der Waals surface area (Å²) in [6.07, 6.45) is 1.55. The topological polar surface area (TPSA) is 96.5 Å². The van der Waals surface area contributed by atoms with Crippen molar-refractivity contribution in [2.75, 3.05) is 0 Å². The van der Waals surface area contributed by atoms with Gasteiger partial charge in [0.15, 0.2) is 0 Å². The molecule has 0 saturated heterocycles. The van der Waals surface area contributed by atoms with Crippen molar-refractivity contribution in [1.82, 2.24) is 16.0 Å². The van der Waals surface area contributed by atoms with Crippen molar-refractivity contribution in [2.45, 2.75) is 45.0 Å². The van der Waals surface area contributed by atoms with E-state index in [9.17, 15) is 14.4 Å². The first-order valence-electron chi connectivity index (χ1n) is 10.1. The minimum Gasteiger partial charge on any atom is -0.445 e. The van der Waals surface area contributed by atoms with E-state index in [1.54, 1.807) is 13.0 Å². The lowest BCUT2D eigenvalue weighted by Gasteiger charge is -2.21. The summed E-state index contributed by atoms with van der Waals surface area (Å²) in [5.74, 6) is -0.828. The number of carbonyl (C=O) groups excluding carboxylic acids is 3. The number of hydrogen-bond acceptors (Lipinski definition) is 4. The first-order valence-corrected chi connectivity index (χ1v) is 10.1. The molecule has 0 aliphatic rings. The Balaban J connectivity index is 1.76. The third-order valence-electron chi connectivity index (χ3n) is 4.60. The van der Waals surface area contributed by atoms with Gasteiger partial charge in [0.05, 0.1) is 6.04 Å². The molecule has 3 amide bonds. The molecule has 2 aromatic rings. The van der Waals surface area contributed by atoms with E-state index in [1.165, 1.54) is 6.92 Å². The molecule has 2 rings (SSSR count). The molecule has 0 heterocycles. The fraction of sp³-hybridized carbons (Fsp3) is 0.292. The fourth-order valence-corrected chi connectivity index (χ4v) is 2.78. The van der Waals surface area contributed by atoms with Gasteiger partial charge in [0.2, 0.25) is 11.8 Å². The van der Waals surface area contributed by atoms with Gasteiger partial charge in [-0.1, -0.05) is 66.7 Å². The van der Waals surface area contributed by atoms with Crippen molar-refractivity contribution in [1.29, 1.82) is 0 Å². The van der Waals surface area contributed by atoms with Crippen LogP contribution >= 0.6 is 0 Å². The molecule has 31 heavy (non-hydrogen) atoms. The molecule has 0 fully saturated rings. The Bertz CT molecular complexity index is 871. The Morgan fingerprint density at radius 3 is 1.94 bits per heavy atom. The molecule has 0 aromatic heterocycles. The van der Waals surface area contributed by atoms with Gasteiger partial charge in [-0.25, -0.2) is 4.79 Å². The first-order chi connectivity index (χ1) is 14.9. The smallest absolute Gasteiger partial charge is 0.408 e. The predicted molar refractivity (Wildman–Crippen MR) is 119 cm³/mol. The van der Waals surface area contributed by atoms with Gasteiger partial charge in [0.25, 0.3) is 0 Å². The maximum Gasteiger partial charge on any atom is 0.408 e. The van der Waals surface area contributed by atoms with Gasteiger partial charge in [0, 0.05) is 0 Å². The van der Waals surface area contributed by atoms with Gasteiger partial charge >= 0.3 is 6.09 Å². The monoisotopic (exact) mass is 423 g/mol. The van der Waals surface area contributed by atoms with E-state index >= 15 is 0 Å². The minimum atomic E-state index is -0.863. The van der Waals surface area contributed by atoms with Gasteiger partial charge in [0.1, 0.15) is 18.7 Å². The molecule has 3 atom stereocenters. The van der Waals surface area contributed by atoms with E-state index in [2.05, 4.69) is 22.5 Å². The van der Waals surface area contributed by atoms with Crippen molar-refractivity contribution in [3.8, 4) is 0 Å². The number of hydrogen-bond donors (Lipinski definition) is 3. The Kier molecular flexibility index (Phi) is 9.29. The fourth-order valence-electron chi connectivity index (χ4n) is 2.78. The maximum atomic E-state index is 12.5.